The van der Waals surface area contributed by atoms with Crippen LogP contribution in [0, 0.1) is 0 Å². The van der Waals surface area contributed by atoms with Crippen molar-refractivity contribution in [2.45, 2.75) is 38.3 Å². The van der Waals surface area contributed by atoms with E-state index in [-0.39, 0.29) is 6.61 Å². The first-order valence-corrected chi connectivity index (χ1v) is 6.49. The van der Waals surface area contributed by atoms with Gasteiger partial charge in [-0.3, -0.25) is 9.67 Å². The fraction of sp³-hybridized carbons (Fsp3) is 0.429. The van der Waals surface area contributed by atoms with Crippen molar-refractivity contribution in [2.24, 2.45) is 0 Å². The number of hydrogen-bond donors (Lipinski definition) is 1. The number of nitrogens with zero attached hydrogens (tertiary/aromatic N) is 3. The smallest absolute Gasteiger partial charge is 0.0938 e. The summed E-state index contributed by atoms with van der Waals surface area (Å²) in [7, 11) is 0. The van der Waals surface area contributed by atoms with E-state index in [1.54, 1.807) is 6.20 Å². The van der Waals surface area contributed by atoms with E-state index in [0.717, 1.165) is 17.0 Å². The van der Waals surface area contributed by atoms with E-state index in [1.807, 2.05) is 24.4 Å². The first kappa shape index (κ1) is 11.4. The molecule has 18 heavy (non-hydrogen) atoms. The molecule has 0 aliphatic heterocycles. The van der Waals surface area contributed by atoms with Gasteiger partial charge in [0.05, 0.1) is 24.0 Å². The van der Waals surface area contributed by atoms with Crippen molar-refractivity contribution in [3.63, 3.8) is 0 Å². The van der Waals surface area contributed by atoms with Crippen molar-refractivity contribution in [3.8, 4) is 11.4 Å². The average Bonchev–Trinajstić information content (AvgIpc) is 3.09. The van der Waals surface area contributed by atoms with Gasteiger partial charge >= 0.3 is 0 Å². The first-order chi connectivity index (χ1) is 8.90. The van der Waals surface area contributed by atoms with Crippen LogP contribution in [0.1, 0.15) is 37.3 Å². The molecule has 2 aromatic heterocycles. The summed E-state index contributed by atoms with van der Waals surface area (Å²) >= 11 is 0. The van der Waals surface area contributed by atoms with Gasteiger partial charge in [-0.25, -0.2) is 0 Å². The number of aliphatic hydroxyl groups excluding tert-OH is 1. The minimum atomic E-state index is 0.0129. The Labute approximate surface area is 106 Å². The van der Waals surface area contributed by atoms with Crippen LogP contribution in [0.2, 0.25) is 0 Å². The molecule has 0 unspecified atom stereocenters. The Kier molecular flexibility index (Phi) is 3.11. The SMILES string of the molecule is OCc1cccnc1-c1ccnn1C1CCCC1. The maximum Gasteiger partial charge on any atom is 0.0938 e. The summed E-state index contributed by atoms with van der Waals surface area (Å²) in [4.78, 5) is 4.40. The molecule has 2 aromatic rings. The van der Waals surface area contributed by atoms with Crippen LogP contribution >= 0.6 is 0 Å². The lowest BCUT2D eigenvalue weighted by Crippen LogP contribution is -2.09. The minimum Gasteiger partial charge on any atom is -0.392 e. The molecule has 1 aliphatic rings. The third kappa shape index (κ3) is 1.93. The second-order valence-electron chi connectivity index (χ2n) is 4.77. The lowest BCUT2D eigenvalue weighted by Gasteiger charge is -2.15. The topological polar surface area (TPSA) is 50.9 Å². The Bertz CT molecular complexity index is 529. The molecular weight excluding hydrogens is 226 g/mol. The van der Waals surface area contributed by atoms with Crippen molar-refractivity contribution in [1.29, 1.82) is 0 Å². The molecule has 2 heterocycles. The Morgan fingerprint density at radius 2 is 2.06 bits per heavy atom. The monoisotopic (exact) mass is 243 g/mol. The summed E-state index contributed by atoms with van der Waals surface area (Å²) in [5, 5.41) is 13.8. The number of aromatic nitrogens is 3. The van der Waals surface area contributed by atoms with Crippen LogP contribution < -0.4 is 0 Å². The van der Waals surface area contributed by atoms with Gasteiger partial charge in [-0.05, 0) is 25.0 Å². The standard InChI is InChI=1S/C14H17N3O/c18-10-11-4-3-8-15-14(11)13-7-9-16-17(13)12-5-1-2-6-12/h3-4,7-9,12,18H,1-2,5-6,10H2. The maximum atomic E-state index is 9.40. The molecule has 1 aliphatic carbocycles. The van der Waals surface area contributed by atoms with Gasteiger partial charge in [0.25, 0.3) is 0 Å². The van der Waals surface area contributed by atoms with Crippen molar-refractivity contribution >= 4 is 0 Å². The number of pyridine rings is 1. The lowest BCUT2D eigenvalue weighted by atomic mass is 10.1. The highest BCUT2D eigenvalue weighted by molar-refractivity contribution is 5.58. The fourth-order valence-corrected chi connectivity index (χ4v) is 2.74. The van der Waals surface area contributed by atoms with Crippen LogP contribution in [-0.2, 0) is 6.61 Å². The highest BCUT2D eigenvalue weighted by Crippen LogP contribution is 2.33. The predicted octanol–water partition coefficient (Wildman–Crippen LogP) is 2.55. The third-order valence-corrected chi connectivity index (χ3v) is 3.65. The predicted molar refractivity (Wildman–Crippen MR) is 68.9 cm³/mol. The molecule has 0 radical (unpaired) electrons. The molecule has 0 amide bonds. The molecule has 1 saturated carbocycles. The fourth-order valence-electron chi connectivity index (χ4n) is 2.74. The van der Waals surface area contributed by atoms with Gasteiger partial charge in [0, 0.05) is 18.0 Å². The molecule has 94 valence electrons. The largest absolute Gasteiger partial charge is 0.392 e. The van der Waals surface area contributed by atoms with Gasteiger partial charge in [-0.15, -0.1) is 0 Å². The summed E-state index contributed by atoms with van der Waals surface area (Å²) in [5.41, 5.74) is 2.73. The molecule has 1 N–H and O–H groups in total. The van der Waals surface area contributed by atoms with Crippen LogP contribution in [0.4, 0.5) is 0 Å². The van der Waals surface area contributed by atoms with Crippen LogP contribution in [0.15, 0.2) is 30.6 Å². The van der Waals surface area contributed by atoms with Crippen LogP contribution in [0.5, 0.6) is 0 Å². The second-order valence-corrected chi connectivity index (χ2v) is 4.77. The molecule has 3 rings (SSSR count). The first-order valence-electron chi connectivity index (χ1n) is 6.49. The normalized spacial score (nSPS) is 16.3. The number of rotatable bonds is 3. The van der Waals surface area contributed by atoms with E-state index >= 15 is 0 Å². The molecule has 1 fully saturated rings. The van der Waals surface area contributed by atoms with Gasteiger partial charge in [0.1, 0.15) is 0 Å². The third-order valence-electron chi connectivity index (χ3n) is 3.65. The lowest BCUT2D eigenvalue weighted by molar-refractivity contribution is 0.282. The molecule has 0 aromatic carbocycles. The number of hydrogen-bond acceptors (Lipinski definition) is 3. The Hall–Kier alpha value is -1.68. The van der Waals surface area contributed by atoms with Crippen LogP contribution in [0.25, 0.3) is 11.4 Å². The van der Waals surface area contributed by atoms with Gasteiger partial charge in [0.15, 0.2) is 0 Å². The van der Waals surface area contributed by atoms with Crippen LogP contribution in [0.3, 0.4) is 0 Å². The zero-order valence-corrected chi connectivity index (χ0v) is 10.3. The van der Waals surface area contributed by atoms with E-state index in [0.29, 0.717) is 6.04 Å². The minimum absolute atomic E-state index is 0.0129. The Morgan fingerprint density at radius 3 is 2.83 bits per heavy atom. The maximum absolute atomic E-state index is 9.40. The van der Waals surface area contributed by atoms with E-state index in [9.17, 15) is 5.11 Å². The second kappa shape index (κ2) is 4.90. The molecule has 0 atom stereocenters. The summed E-state index contributed by atoms with van der Waals surface area (Å²) in [6.07, 6.45) is 8.52. The van der Waals surface area contributed by atoms with E-state index in [1.165, 1.54) is 25.7 Å². The average molecular weight is 243 g/mol. The van der Waals surface area contributed by atoms with Gasteiger partial charge in [-0.1, -0.05) is 18.9 Å². The zero-order chi connectivity index (χ0) is 12.4. The van der Waals surface area contributed by atoms with Crippen molar-refractivity contribution in [3.05, 3.63) is 36.2 Å². The molecule has 0 spiro atoms. The van der Waals surface area contributed by atoms with Crippen molar-refractivity contribution in [2.75, 3.05) is 0 Å². The highest BCUT2D eigenvalue weighted by atomic mass is 16.3. The molecular formula is C14H17N3O. The van der Waals surface area contributed by atoms with Gasteiger partial charge in [-0.2, -0.15) is 5.10 Å². The van der Waals surface area contributed by atoms with E-state index in [4.69, 9.17) is 0 Å². The summed E-state index contributed by atoms with van der Waals surface area (Å²) in [6.45, 7) is 0.0129. The van der Waals surface area contributed by atoms with Gasteiger partial charge < -0.3 is 5.11 Å². The zero-order valence-electron chi connectivity index (χ0n) is 10.3. The van der Waals surface area contributed by atoms with Crippen LogP contribution in [-0.4, -0.2) is 19.9 Å². The molecule has 4 heteroatoms. The van der Waals surface area contributed by atoms with Crippen molar-refractivity contribution in [1.82, 2.24) is 14.8 Å². The number of aliphatic hydroxyl groups is 1. The summed E-state index contributed by atoms with van der Waals surface area (Å²) in [5.74, 6) is 0. The van der Waals surface area contributed by atoms with Gasteiger partial charge in [0.2, 0.25) is 0 Å². The highest BCUT2D eigenvalue weighted by Gasteiger charge is 2.21. The molecule has 4 nitrogen and oxygen atoms in total. The Balaban J connectivity index is 2.03. The Morgan fingerprint density at radius 1 is 1.22 bits per heavy atom. The summed E-state index contributed by atoms with van der Waals surface area (Å²) in [6, 6.07) is 6.24. The molecule has 0 bridgehead atoms. The van der Waals surface area contributed by atoms with E-state index < -0.39 is 0 Å². The van der Waals surface area contributed by atoms with Crippen molar-refractivity contribution < 1.29 is 5.11 Å². The van der Waals surface area contributed by atoms with E-state index in [2.05, 4.69) is 14.8 Å². The molecule has 0 saturated heterocycles. The summed E-state index contributed by atoms with van der Waals surface area (Å²) < 4.78 is 2.08. The quantitative estimate of drug-likeness (QED) is 0.901.